The molecule has 0 amide bonds. The first-order valence-electron chi connectivity index (χ1n) is 14.2. The lowest BCUT2D eigenvalue weighted by molar-refractivity contribution is -0.0573. The normalized spacial score (nSPS) is 41.5. The van der Waals surface area contributed by atoms with E-state index in [1.165, 1.54) is 57.8 Å². The molecule has 0 spiro atoms. The highest BCUT2D eigenvalue weighted by atomic mass is 16.3. The minimum atomic E-state index is -0.0766. The van der Waals surface area contributed by atoms with E-state index in [1.54, 1.807) is 5.57 Å². The van der Waals surface area contributed by atoms with Crippen LogP contribution in [0.5, 0.6) is 0 Å². The van der Waals surface area contributed by atoms with Gasteiger partial charge in [0.1, 0.15) is 0 Å². The third-order valence-corrected chi connectivity index (χ3v) is 10.6. The van der Waals surface area contributed by atoms with Crippen LogP contribution in [0.2, 0.25) is 0 Å². The maximum absolute atomic E-state index is 10.2. The van der Waals surface area contributed by atoms with E-state index in [2.05, 4.69) is 54.2 Å². The zero-order chi connectivity index (χ0) is 23.5. The fourth-order valence-electron chi connectivity index (χ4n) is 8.67. The van der Waals surface area contributed by atoms with Crippen LogP contribution in [-0.2, 0) is 0 Å². The topological polar surface area (TPSA) is 20.2 Å². The highest BCUT2D eigenvalue weighted by molar-refractivity contribution is 5.25. The summed E-state index contributed by atoms with van der Waals surface area (Å²) in [4.78, 5) is 0. The number of fused-ring (bicyclic) bond motifs is 5. The highest BCUT2D eigenvalue weighted by Gasteiger charge is 2.59. The van der Waals surface area contributed by atoms with Gasteiger partial charge in [-0.25, -0.2) is 0 Å². The first kappa shape index (κ1) is 26.1. The summed E-state index contributed by atoms with van der Waals surface area (Å²) >= 11 is 0. The van der Waals surface area contributed by atoms with Crippen LogP contribution in [0.1, 0.15) is 119 Å². The van der Waals surface area contributed by atoms with Crippen molar-refractivity contribution >= 4 is 0 Å². The molecule has 0 radical (unpaired) electrons. The van der Waals surface area contributed by atoms with Crippen molar-refractivity contribution in [2.24, 2.45) is 46.3 Å². The third kappa shape index (κ3) is 5.08. The SMILES string of the molecule is C=CCC.CC(C)CCC[C@@H](C)[C@H]1CC[C@H]2[C@@H]3CC=C4C[C@@H](O)CC[C@]4(C)[C@H]3CC[C@]12C. The monoisotopic (exact) mass is 442 g/mol. The highest BCUT2D eigenvalue weighted by Crippen LogP contribution is 2.67. The van der Waals surface area contributed by atoms with E-state index in [4.69, 9.17) is 0 Å². The molecule has 0 heterocycles. The van der Waals surface area contributed by atoms with Crippen molar-refractivity contribution < 1.29 is 5.11 Å². The van der Waals surface area contributed by atoms with Crippen LogP contribution in [0.4, 0.5) is 0 Å². The average molecular weight is 443 g/mol. The summed E-state index contributed by atoms with van der Waals surface area (Å²) < 4.78 is 0. The molecule has 1 heteroatoms. The van der Waals surface area contributed by atoms with Gasteiger partial charge in [-0.2, -0.15) is 0 Å². The van der Waals surface area contributed by atoms with Crippen LogP contribution < -0.4 is 0 Å². The fourth-order valence-corrected chi connectivity index (χ4v) is 8.67. The van der Waals surface area contributed by atoms with Crippen molar-refractivity contribution in [3.63, 3.8) is 0 Å². The Morgan fingerprint density at radius 1 is 1.06 bits per heavy atom. The summed E-state index contributed by atoms with van der Waals surface area (Å²) in [5.74, 6) is 5.46. The maximum Gasteiger partial charge on any atom is 0.0577 e. The van der Waals surface area contributed by atoms with Crippen molar-refractivity contribution in [1.82, 2.24) is 0 Å². The molecule has 0 saturated heterocycles. The second-order valence-corrected chi connectivity index (χ2v) is 12.9. The molecule has 0 bridgehead atoms. The Balaban J connectivity index is 0.000000668. The molecule has 3 saturated carbocycles. The predicted molar refractivity (Wildman–Crippen MR) is 140 cm³/mol. The average Bonchev–Trinajstić information content (AvgIpc) is 3.11. The second kappa shape index (κ2) is 10.8. The molecule has 0 aromatic carbocycles. The van der Waals surface area contributed by atoms with Gasteiger partial charge in [0.2, 0.25) is 0 Å². The van der Waals surface area contributed by atoms with Gasteiger partial charge in [0.15, 0.2) is 0 Å². The van der Waals surface area contributed by atoms with Gasteiger partial charge in [-0.1, -0.05) is 78.5 Å². The minimum Gasteiger partial charge on any atom is -0.393 e. The number of allylic oxidation sites excluding steroid dienone is 2. The fraction of sp³-hybridized carbons (Fsp3) is 0.871. The van der Waals surface area contributed by atoms with E-state index in [0.29, 0.717) is 10.8 Å². The molecule has 1 N–H and O–H groups in total. The van der Waals surface area contributed by atoms with Crippen LogP contribution in [0, 0.1) is 46.3 Å². The molecule has 0 unspecified atom stereocenters. The zero-order valence-corrected chi connectivity index (χ0v) is 22.3. The number of aliphatic hydroxyl groups excluding tert-OH is 1. The van der Waals surface area contributed by atoms with Crippen LogP contribution in [0.3, 0.4) is 0 Å². The summed E-state index contributed by atoms with van der Waals surface area (Å²) in [5.41, 5.74) is 2.60. The van der Waals surface area contributed by atoms with Crippen molar-refractivity contribution in [3.8, 4) is 0 Å². The van der Waals surface area contributed by atoms with Crippen molar-refractivity contribution in [2.75, 3.05) is 0 Å². The molecule has 8 atom stereocenters. The van der Waals surface area contributed by atoms with Gasteiger partial charge in [-0.15, -0.1) is 6.58 Å². The Morgan fingerprint density at radius 2 is 1.78 bits per heavy atom. The molecule has 4 rings (SSSR count). The van der Waals surface area contributed by atoms with Crippen LogP contribution >= 0.6 is 0 Å². The van der Waals surface area contributed by atoms with Crippen LogP contribution in [-0.4, -0.2) is 11.2 Å². The molecule has 4 aliphatic carbocycles. The Hall–Kier alpha value is -0.560. The molecule has 184 valence electrons. The first-order valence-corrected chi connectivity index (χ1v) is 14.2. The van der Waals surface area contributed by atoms with E-state index in [0.717, 1.165) is 54.8 Å². The number of rotatable bonds is 6. The van der Waals surface area contributed by atoms with Crippen LogP contribution in [0.15, 0.2) is 24.3 Å². The minimum absolute atomic E-state index is 0.0766. The molecular weight excluding hydrogens is 388 g/mol. The van der Waals surface area contributed by atoms with Gasteiger partial charge < -0.3 is 5.11 Å². The van der Waals surface area contributed by atoms with Gasteiger partial charge in [0.05, 0.1) is 6.10 Å². The summed E-state index contributed by atoms with van der Waals surface area (Å²) in [5, 5.41) is 10.2. The van der Waals surface area contributed by atoms with Gasteiger partial charge in [-0.05, 0) is 104 Å². The summed E-state index contributed by atoms with van der Waals surface area (Å²) in [7, 11) is 0. The van der Waals surface area contributed by atoms with Crippen molar-refractivity contribution in [1.29, 1.82) is 0 Å². The summed E-state index contributed by atoms with van der Waals surface area (Å²) in [6.45, 7) is 18.1. The number of aliphatic hydroxyl groups is 1. The molecular formula is C31H54O. The van der Waals surface area contributed by atoms with Crippen molar-refractivity contribution in [3.05, 3.63) is 24.3 Å². The molecule has 0 aromatic rings. The van der Waals surface area contributed by atoms with E-state index in [9.17, 15) is 5.11 Å². The number of hydrogen-bond donors (Lipinski definition) is 1. The molecule has 4 aliphatic rings. The quantitative estimate of drug-likeness (QED) is 0.407. The predicted octanol–water partition coefficient (Wildman–Crippen LogP) is 8.97. The van der Waals surface area contributed by atoms with Gasteiger partial charge in [-0.3, -0.25) is 0 Å². The second-order valence-electron chi connectivity index (χ2n) is 12.9. The molecule has 1 nitrogen and oxygen atoms in total. The first-order chi connectivity index (χ1) is 15.2. The van der Waals surface area contributed by atoms with Crippen molar-refractivity contribution in [2.45, 2.75) is 125 Å². The lowest BCUT2D eigenvalue weighted by Gasteiger charge is -2.58. The largest absolute Gasteiger partial charge is 0.393 e. The Bertz CT molecular complexity index is 647. The van der Waals surface area contributed by atoms with Gasteiger partial charge in [0, 0.05) is 0 Å². The lowest BCUT2D eigenvalue weighted by Crippen LogP contribution is -2.50. The molecule has 0 aromatic heterocycles. The maximum atomic E-state index is 10.2. The Kier molecular flexibility index (Phi) is 8.79. The molecule has 0 aliphatic heterocycles. The summed E-state index contributed by atoms with van der Waals surface area (Å²) in [6.07, 6.45) is 20.1. The third-order valence-electron chi connectivity index (χ3n) is 10.6. The molecule has 3 fully saturated rings. The zero-order valence-electron chi connectivity index (χ0n) is 22.3. The van der Waals surface area contributed by atoms with E-state index < -0.39 is 0 Å². The molecule has 32 heavy (non-hydrogen) atoms. The Labute approximate surface area is 200 Å². The summed E-state index contributed by atoms with van der Waals surface area (Å²) in [6, 6.07) is 0. The van der Waals surface area contributed by atoms with E-state index >= 15 is 0 Å². The van der Waals surface area contributed by atoms with Gasteiger partial charge >= 0.3 is 0 Å². The standard InChI is InChI=1S/C27H46O.C4H8/c1-18(2)7-6-8-19(3)23-11-12-24-22-10-9-20-17-21(28)13-15-26(20,4)25(22)14-16-27(23,24)5;1-3-4-2/h9,18-19,21-25,28H,6-8,10-17H2,1-5H3;3H,1,4H2,2H3/t19-,21+,22+,23-,24+,25+,26+,27-;/m1./s1. The lowest BCUT2D eigenvalue weighted by atomic mass is 9.47. The Morgan fingerprint density at radius 3 is 2.44 bits per heavy atom. The van der Waals surface area contributed by atoms with E-state index in [1.807, 2.05) is 6.08 Å². The van der Waals surface area contributed by atoms with Crippen LogP contribution in [0.25, 0.3) is 0 Å². The van der Waals surface area contributed by atoms with Gasteiger partial charge in [0.25, 0.3) is 0 Å². The smallest absolute Gasteiger partial charge is 0.0577 e. The van der Waals surface area contributed by atoms with E-state index in [-0.39, 0.29) is 6.10 Å². The number of hydrogen-bond acceptors (Lipinski definition) is 1.